The Morgan fingerprint density at radius 1 is 1.30 bits per heavy atom. The minimum Gasteiger partial charge on any atom is -0.394 e. The minimum absolute atomic E-state index is 0.0236. The van der Waals surface area contributed by atoms with E-state index in [0.717, 1.165) is 38.6 Å². The monoisotopic (exact) mass is 274 g/mol. The molecule has 0 bridgehead atoms. The largest absolute Gasteiger partial charge is 0.394 e. The number of aliphatic hydroxyl groups is 1. The lowest BCUT2D eigenvalue weighted by Gasteiger charge is -2.32. The summed E-state index contributed by atoms with van der Waals surface area (Å²) in [6, 6.07) is 8.05. The first kappa shape index (κ1) is 13.6. The highest BCUT2D eigenvalue weighted by Gasteiger charge is 2.36. The number of aliphatic hydroxyl groups excluding tert-OH is 1. The zero-order valence-corrected chi connectivity index (χ0v) is 11.7. The van der Waals surface area contributed by atoms with E-state index in [1.807, 2.05) is 12.1 Å². The van der Waals surface area contributed by atoms with E-state index in [-0.39, 0.29) is 24.1 Å². The van der Waals surface area contributed by atoms with Gasteiger partial charge in [-0.3, -0.25) is 4.79 Å². The van der Waals surface area contributed by atoms with E-state index >= 15 is 0 Å². The number of fused-ring (bicyclic) bond motifs is 1. The van der Waals surface area contributed by atoms with Crippen molar-refractivity contribution in [2.75, 3.05) is 6.61 Å². The van der Waals surface area contributed by atoms with Crippen molar-refractivity contribution in [1.29, 1.82) is 0 Å². The summed E-state index contributed by atoms with van der Waals surface area (Å²) in [6.07, 6.45) is 4.67. The number of benzene rings is 1. The predicted molar refractivity (Wildman–Crippen MR) is 77.2 cm³/mol. The molecule has 0 unspecified atom stereocenters. The summed E-state index contributed by atoms with van der Waals surface area (Å²) in [5.74, 6) is 0.0236. The second-order valence-electron chi connectivity index (χ2n) is 6.04. The molecule has 1 saturated carbocycles. The van der Waals surface area contributed by atoms with Crippen molar-refractivity contribution in [3.8, 4) is 0 Å². The minimum atomic E-state index is -0.379. The number of amides is 1. The van der Waals surface area contributed by atoms with E-state index < -0.39 is 0 Å². The molecule has 1 aliphatic carbocycles. The topological polar surface area (TPSA) is 61.4 Å². The first-order valence-electron chi connectivity index (χ1n) is 7.45. The fourth-order valence-corrected chi connectivity index (χ4v) is 3.36. The van der Waals surface area contributed by atoms with Crippen LogP contribution in [0.5, 0.6) is 0 Å². The van der Waals surface area contributed by atoms with Gasteiger partial charge < -0.3 is 15.7 Å². The summed E-state index contributed by atoms with van der Waals surface area (Å²) in [7, 11) is 0. The Kier molecular flexibility index (Phi) is 3.76. The van der Waals surface area contributed by atoms with Gasteiger partial charge in [-0.2, -0.15) is 0 Å². The Bertz CT molecular complexity index is 495. The highest BCUT2D eigenvalue weighted by Crippen LogP contribution is 2.29. The van der Waals surface area contributed by atoms with Crippen LogP contribution in [0, 0.1) is 0 Å². The summed E-state index contributed by atoms with van der Waals surface area (Å²) in [4.78, 5) is 12.4. The van der Waals surface area contributed by atoms with Crippen LogP contribution in [0.3, 0.4) is 0 Å². The zero-order valence-electron chi connectivity index (χ0n) is 11.7. The van der Waals surface area contributed by atoms with E-state index in [4.69, 9.17) is 0 Å². The number of carbonyl (C=O) groups excluding carboxylic acids is 1. The van der Waals surface area contributed by atoms with Gasteiger partial charge in [0.2, 0.25) is 5.91 Å². The van der Waals surface area contributed by atoms with Crippen LogP contribution < -0.4 is 10.6 Å². The summed E-state index contributed by atoms with van der Waals surface area (Å²) < 4.78 is 0. The molecule has 1 aromatic rings. The van der Waals surface area contributed by atoms with Gasteiger partial charge in [0.05, 0.1) is 18.2 Å². The van der Waals surface area contributed by atoms with E-state index in [1.165, 1.54) is 11.1 Å². The average molecular weight is 274 g/mol. The van der Waals surface area contributed by atoms with Crippen LogP contribution in [0.2, 0.25) is 0 Å². The fraction of sp³-hybridized carbons (Fsp3) is 0.562. The highest BCUT2D eigenvalue weighted by molar-refractivity contribution is 5.83. The lowest BCUT2D eigenvalue weighted by atomic mass is 9.93. The molecule has 3 N–H and O–H groups in total. The van der Waals surface area contributed by atoms with Gasteiger partial charge in [-0.15, -0.1) is 0 Å². The molecule has 1 amide bonds. The third-order valence-corrected chi connectivity index (χ3v) is 4.65. The number of nitrogens with one attached hydrogen (secondary N) is 2. The number of hydrogen-bond donors (Lipinski definition) is 3. The molecule has 1 heterocycles. The third kappa shape index (κ3) is 2.58. The maximum Gasteiger partial charge on any atom is 0.237 e. The molecule has 0 aromatic heterocycles. The first-order valence-corrected chi connectivity index (χ1v) is 7.45. The standard InChI is InChI=1S/C16H22N2O2/c19-11-16(7-3-4-8-16)18-15(20)14-9-12-5-1-2-6-13(12)10-17-14/h1-2,5-6,14,17,19H,3-4,7-11H2,(H,18,20)/t14-/m0/s1. The van der Waals surface area contributed by atoms with Gasteiger partial charge in [0.25, 0.3) is 0 Å². The fourth-order valence-electron chi connectivity index (χ4n) is 3.36. The first-order chi connectivity index (χ1) is 9.72. The van der Waals surface area contributed by atoms with Gasteiger partial charge in [0, 0.05) is 6.54 Å². The second-order valence-corrected chi connectivity index (χ2v) is 6.04. The van der Waals surface area contributed by atoms with Crippen LogP contribution in [-0.4, -0.2) is 29.2 Å². The maximum atomic E-state index is 12.4. The van der Waals surface area contributed by atoms with E-state index in [1.54, 1.807) is 0 Å². The van der Waals surface area contributed by atoms with Gasteiger partial charge in [0.15, 0.2) is 0 Å². The molecule has 1 atom stereocenters. The van der Waals surface area contributed by atoms with Crippen LogP contribution >= 0.6 is 0 Å². The van der Waals surface area contributed by atoms with Crippen LogP contribution in [0.25, 0.3) is 0 Å². The zero-order chi connectivity index (χ0) is 14.0. The second kappa shape index (κ2) is 5.54. The van der Waals surface area contributed by atoms with E-state index in [9.17, 15) is 9.90 Å². The predicted octanol–water partition coefficient (Wildman–Crippen LogP) is 1.12. The molecule has 0 spiro atoms. The molecule has 2 aliphatic rings. The molecule has 1 aliphatic heterocycles. The molecule has 0 saturated heterocycles. The molecule has 4 nitrogen and oxygen atoms in total. The summed E-state index contributed by atoms with van der Waals surface area (Å²) in [5, 5.41) is 16.0. The van der Waals surface area contributed by atoms with Crippen LogP contribution in [0.15, 0.2) is 24.3 Å². The van der Waals surface area contributed by atoms with Gasteiger partial charge >= 0.3 is 0 Å². The van der Waals surface area contributed by atoms with Crippen LogP contribution in [0.1, 0.15) is 36.8 Å². The van der Waals surface area contributed by atoms with Crippen molar-refractivity contribution in [3.05, 3.63) is 35.4 Å². The van der Waals surface area contributed by atoms with Crippen molar-refractivity contribution in [3.63, 3.8) is 0 Å². The van der Waals surface area contributed by atoms with E-state index in [2.05, 4.69) is 22.8 Å². The molecule has 0 radical (unpaired) electrons. The van der Waals surface area contributed by atoms with Crippen molar-refractivity contribution in [2.45, 2.75) is 50.2 Å². The highest BCUT2D eigenvalue weighted by atomic mass is 16.3. The van der Waals surface area contributed by atoms with E-state index in [0.29, 0.717) is 0 Å². The number of rotatable bonds is 3. The van der Waals surface area contributed by atoms with Crippen molar-refractivity contribution < 1.29 is 9.90 Å². The third-order valence-electron chi connectivity index (χ3n) is 4.65. The molecule has 1 aromatic carbocycles. The SMILES string of the molecule is O=C(NC1(CO)CCCC1)[C@@H]1Cc2ccccc2CN1. The normalized spacial score (nSPS) is 24.1. The number of hydrogen-bond acceptors (Lipinski definition) is 3. The van der Waals surface area contributed by atoms with Crippen LogP contribution in [-0.2, 0) is 17.8 Å². The van der Waals surface area contributed by atoms with Crippen LogP contribution in [0.4, 0.5) is 0 Å². The number of carbonyl (C=O) groups is 1. The summed E-state index contributed by atoms with van der Waals surface area (Å²) in [5.41, 5.74) is 2.14. The van der Waals surface area contributed by atoms with Gasteiger partial charge in [-0.25, -0.2) is 0 Å². The lowest BCUT2D eigenvalue weighted by molar-refractivity contribution is -0.125. The Balaban J connectivity index is 1.67. The smallest absolute Gasteiger partial charge is 0.237 e. The van der Waals surface area contributed by atoms with Crippen molar-refractivity contribution >= 4 is 5.91 Å². The lowest BCUT2D eigenvalue weighted by Crippen LogP contribution is -2.56. The molecule has 108 valence electrons. The van der Waals surface area contributed by atoms with Crippen molar-refractivity contribution in [1.82, 2.24) is 10.6 Å². The molecule has 4 heteroatoms. The van der Waals surface area contributed by atoms with Crippen molar-refractivity contribution in [2.24, 2.45) is 0 Å². The Hall–Kier alpha value is -1.39. The summed E-state index contributed by atoms with van der Waals surface area (Å²) >= 11 is 0. The Morgan fingerprint density at radius 3 is 2.70 bits per heavy atom. The van der Waals surface area contributed by atoms with Gasteiger partial charge in [-0.05, 0) is 30.4 Å². The average Bonchev–Trinajstić information content (AvgIpc) is 2.96. The molecular weight excluding hydrogens is 252 g/mol. The molecular formula is C16H22N2O2. The molecule has 1 fully saturated rings. The molecule has 3 rings (SSSR count). The van der Waals surface area contributed by atoms with Gasteiger partial charge in [0.1, 0.15) is 0 Å². The maximum absolute atomic E-state index is 12.4. The summed E-state index contributed by atoms with van der Waals surface area (Å²) in [6.45, 7) is 0.780. The Morgan fingerprint density at radius 2 is 2.00 bits per heavy atom. The Labute approximate surface area is 119 Å². The van der Waals surface area contributed by atoms with Gasteiger partial charge in [-0.1, -0.05) is 37.1 Å². The molecule has 20 heavy (non-hydrogen) atoms. The quantitative estimate of drug-likeness (QED) is 0.774.